The molecule has 1 aromatic heterocycles. The monoisotopic (exact) mass is 315 g/mol. The normalized spacial score (nSPS) is 15.5. The Kier molecular flexibility index (Phi) is 4.50. The van der Waals surface area contributed by atoms with Gasteiger partial charge in [-0.15, -0.1) is 0 Å². The Balaban J connectivity index is 1.66. The van der Waals surface area contributed by atoms with Gasteiger partial charge in [-0.3, -0.25) is 4.79 Å². The summed E-state index contributed by atoms with van der Waals surface area (Å²) in [5, 5.41) is 0. The van der Waals surface area contributed by atoms with Gasteiger partial charge in [-0.1, -0.05) is 12.1 Å². The molecule has 2 heterocycles. The molecule has 0 N–H and O–H groups in total. The number of carbonyl (C=O) groups is 1. The van der Waals surface area contributed by atoms with Crippen LogP contribution in [0.3, 0.4) is 0 Å². The van der Waals surface area contributed by atoms with E-state index in [2.05, 4.69) is 14.9 Å². The van der Waals surface area contributed by atoms with Gasteiger partial charge in [0.25, 0.3) is 0 Å². The van der Waals surface area contributed by atoms with Gasteiger partial charge in [-0.25, -0.2) is 14.4 Å². The molecule has 1 aliphatic heterocycles. The van der Waals surface area contributed by atoms with E-state index in [1.165, 1.54) is 19.2 Å². The highest BCUT2D eigenvalue weighted by atomic mass is 19.1. The number of hydrogen-bond donors (Lipinski definition) is 0. The van der Waals surface area contributed by atoms with Crippen molar-refractivity contribution in [1.29, 1.82) is 0 Å². The Morgan fingerprint density at radius 2 is 1.74 bits per heavy atom. The van der Waals surface area contributed by atoms with E-state index in [0.29, 0.717) is 5.95 Å². The number of esters is 1. The van der Waals surface area contributed by atoms with Crippen molar-refractivity contribution < 1.29 is 13.9 Å². The number of nitrogens with zero attached hydrogens (tertiary/aromatic N) is 3. The minimum Gasteiger partial charge on any atom is -0.469 e. The summed E-state index contributed by atoms with van der Waals surface area (Å²) < 4.78 is 17.7. The molecule has 1 fully saturated rings. The number of methoxy groups -OCH3 is 1. The number of rotatable bonds is 3. The van der Waals surface area contributed by atoms with Crippen molar-refractivity contribution >= 4 is 11.9 Å². The van der Waals surface area contributed by atoms with Crippen LogP contribution in [0.4, 0.5) is 10.3 Å². The summed E-state index contributed by atoms with van der Waals surface area (Å²) in [5.41, 5.74) is 1.72. The number of ether oxygens (including phenoxy) is 1. The van der Waals surface area contributed by atoms with E-state index in [-0.39, 0.29) is 17.7 Å². The minimum atomic E-state index is -0.264. The molecule has 3 rings (SSSR count). The molecular weight excluding hydrogens is 297 g/mol. The first kappa shape index (κ1) is 15.4. The summed E-state index contributed by atoms with van der Waals surface area (Å²) in [4.78, 5) is 22.4. The Bertz CT molecular complexity index is 665. The lowest BCUT2D eigenvalue weighted by atomic mass is 9.97. The van der Waals surface area contributed by atoms with Crippen molar-refractivity contribution in [2.45, 2.75) is 12.8 Å². The smallest absolute Gasteiger partial charge is 0.308 e. The number of piperidine rings is 1. The predicted molar refractivity (Wildman–Crippen MR) is 84.4 cm³/mol. The first-order valence-electron chi connectivity index (χ1n) is 7.58. The van der Waals surface area contributed by atoms with Crippen molar-refractivity contribution in [1.82, 2.24) is 9.97 Å². The first-order valence-corrected chi connectivity index (χ1v) is 7.58. The molecule has 0 atom stereocenters. The molecule has 0 aliphatic carbocycles. The van der Waals surface area contributed by atoms with Gasteiger partial charge in [-0.05, 0) is 30.5 Å². The first-order chi connectivity index (χ1) is 11.2. The Labute approximate surface area is 134 Å². The fourth-order valence-electron chi connectivity index (χ4n) is 2.76. The van der Waals surface area contributed by atoms with Gasteiger partial charge in [0, 0.05) is 31.0 Å². The summed E-state index contributed by atoms with van der Waals surface area (Å²) in [7, 11) is 1.42. The third-order valence-corrected chi connectivity index (χ3v) is 4.13. The maximum Gasteiger partial charge on any atom is 0.308 e. The predicted octanol–water partition coefficient (Wildman–Crippen LogP) is 2.67. The largest absolute Gasteiger partial charge is 0.469 e. The summed E-state index contributed by atoms with van der Waals surface area (Å²) in [6.45, 7) is 1.46. The second kappa shape index (κ2) is 6.73. The van der Waals surface area contributed by atoms with E-state index in [4.69, 9.17) is 4.74 Å². The molecule has 2 aromatic rings. The van der Waals surface area contributed by atoms with Crippen LogP contribution in [0, 0.1) is 11.7 Å². The molecule has 120 valence electrons. The number of aromatic nitrogens is 2. The average molecular weight is 315 g/mol. The van der Waals surface area contributed by atoms with Crippen molar-refractivity contribution in [3.05, 3.63) is 42.5 Å². The highest BCUT2D eigenvalue weighted by molar-refractivity contribution is 5.72. The summed E-state index contributed by atoms with van der Waals surface area (Å²) in [5.74, 6) is 0.214. The second-order valence-corrected chi connectivity index (χ2v) is 5.56. The number of benzene rings is 1. The quantitative estimate of drug-likeness (QED) is 0.815. The van der Waals surface area contributed by atoms with E-state index in [0.717, 1.165) is 37.1 Å². The zero-order valence-corrected chi connectivity index (χ0v) is 12.9. The highest BCUT2D eigenvalue weighted by Crippen LogP contribution is 2.23. The molecule has 5 nitrogen and oxygen atoms in total. The van der Waals surface area contributed by atoms with E-state index < -0.39 is 0 Å². The van der Waals surface area contributed by atoms with E-state index in [1.807, 2.05) is 0 Å². The van der Waals surface area contributed by atoms with Gasteiger partial charge in [0.05, 0.1) is 13.0 Å². The molecule has 1 aliphatic rings. The number of carbonyl (C=O) groups excluding carboxylic acids is 1. The van der Waals surface area contributed by atoms with Gasteiger partial charge < -0.3 is 9.64 Å². The van der Waals surface area contributed by atoms with Gasteiger partial charge in [0.15, 0.2) is 0 Å². The van der Waals surface area contributed by atoms with Crippen LogP contribution < -0.4 is 4.90 Å². The SMILES string of the molecule is COC(=O)C1CCN(c2ncc(-c3ccc(F)cc3)cn2)CC1. The minimum absolute atomic E-state index is 0.0326. The van der Waals surface area contributed by atoms with E-state index >= 15 is 0 Å². The maximum absolute atomic E-state index is 13.0. The average Bonchev–Trinajstić information content (AvgIpc) is 2.62. The Hall–Kier alpha value is -2.50. The highest BCUT2D eigenvalue weighted by Gasteiger charge is 2.26. The van der Waals surface area contributed by atoms with Crippen LogP contribution in [0.1, 0.15) is 12.8 Å². The lowest BCUT2D eigenvalue weighted by molar-refractivity contribution is -0.146. The second-order valence-electron chi connectivity index (χ2n) is 5.56. The topological polar surface area (TPSA) is 55.3 Å². The summed E-state index contributed by atoms with van der Waals surface area (Å²) in [6, 6.07) is 6.24. The number of hydrogen-bond acceptors (Lipinski definition) is 5. The third-order valence-electron chi connectivity index (χ3n) is 4.13. The lowest BCUT2D eigenvalue weighted by Gasteiger charge is -2.30. The molecule has 0 saturated carbocycles. The molecule has 0 bridgehead atoms. The van der Waals surface area contributed by atoms with Crippen LogP contribution in [-0.4, -0.2) is 36.1 Å². The van der Waals surface area contributed by atoms with Gasteiger partial charge in [-0.2, -0.15) is 0 Å². The molecule has 0 unspecified atom stereocenters. The molecule has 1 saturated heterocycles. The van der Waals surface area contributed by atoms with Crippen LogP contribution in [0.25, 0.3) is 11.1 Å². The third kappa shape index (κ3) is 3.47. The van der Waals surface area contributed by atoms with Crippen LogP contribution in [-0.2, 0) is 9.53 Å². The van der Waals surface area contributed by atoms with Crippen LogP contribution in [0.5, 0.6) is 0 Å². The summed E-state index contributed by atoms with van der Waals surface area (Å²) in [6.07, 6.45) is 4.97. The van der Waals surface area contributed by atoms with Crippen molar-refractivity contribution in [2.24, 2.45) is 5.92 Å². The molecule has 23 heavy (non-hydrogen) atoms. The van der Waals surface area contributed by atoms with Crippen LogP contribution in [0.2, 0.25) is 0 Å². The molecule has 0 spiro atoms. The molecular formula is C17H18FN3O2. The fraction of sp³-hybridized carbons (Fsp3) is 0.353. The maximum atomic E-state index is 13.0. The Morgan fingerprint density at radius 1 is 1.13 bits per heavy atom. The van der Waals surface area contributed by atoms with Gasteiger partial charge in [0.1, 0.15) is 5.82 Å². The van der Waals surface area contributed by atoms with Crippen LogP contribution >= 0.6 is 0 Å². The van der Waals surface area contributed by atoms with Gasteiger partial charge in [0.2, 0.25) is 5.95 Å². The summed E-state index contributed by atoms with van der Waals surface area (Å²) >= 11 is 0. The zero-order valence-electron chi connectivity index (χ0n) is 12.9. The van der Waals surface area contributed by atoms with Crippen molar-refractivity contribution in [3.63, 3.8) is 0 Å². The fourth-order valence-corrected chi connectivity index (χ4v) is 2.76. The van der Waals surface area contributed by atoms with Crippen molar-refractivity contribution in [2.75, 3.05) is 25.1 Å². The van der Waals surface area contributed by atoms with E-state index in [9.17, 15) is 9.18 Å². The lowest BCUT2D eigenvalue weighted by Crippen LogP contribution is -2.37. The molecule has 0 amide bonds. The molecule has 1 aromatic carbocycles. The number of anilines is 1. The number of halogens is 1. The molecule has 0 radical (unpaired) electrons. The van der Waals surface area contributed by atoms with Crippen LogP contribution in [0.15, 0.2) is 36.7 Å². The van der Waals surface area contributed by atoms with Gasteiger partial charge >= 0.3 is 5.97 Å². The molecule has 6 heteroatoms. The Morgan fingerprint density at radius 3 is 2.30 bits per heavy atom. The zero-order chi connectivity index (χ0) is 16.2. The standard InChI is InChI=1S/C17H18FN3O2/c1-23-16(22)13-6-8-21(9-7-13)17-19-10-14(11-20-17)12-2-4-15(18)5-3-12/h2-5,10-11,13H,6-9H2,1H3. The van der Waals surface area contributed by atoms with Crippen molar-refractivity contribution in [3.8, 4) is 11.1 Å². The van der Waals surface area contributed by atoms with E-state index in [1.54, 1.807) is 24.5 Å².